The van der Waals surface area contributed by atoms with Crippen LogP contribution in [0.1, 0.15) is 13.3 Å². The molecule has 0 saturated carbocycles. The van der Waals surface area contributed by atoms with E-state index in [9.17, 15) is 4.39 Å². The van der Waals surface area contributed by atoms with Crippen molar-refractivity contribution in [3.63, 3.8) is 0 Å². The van der Waals surface area contributed by atoms with Crippen LogP contribution in [0.15, 0.2) is 24.3 Å². The second-order valence-corrected chi connectivity index (χ2v) is 5.10. The number of anilines is 1. The number of nitrogens with zero attached hydrogens (tertiary/aromatic N) is 1. The minimum Gasteiger partial charge on any atom is -0.395 e. The van der Waals surface area contributed by atoms with Crippen molar-refractivity contribution in [1.82, 2.24) is 5.32 Å². The lowest BCUT2D eigenvalue weighted by Gasteiger charge is -2.38. The average Bonchev–Trinajstić information content (AvgIpc) is 2.36. The number of nitrogens with one attached hydrogen (secondary N) is 1. The summed E-state index contributed by atoms with van der Waals surface area (Å²) in [5, 5.41) is 12.2. The van der Waals surface area contributed by atoms with Crippen molar-refractivity contribution >= 4 is 5.69 Å². The molecule has 0 spiro atoms. The zero-order chi connectivity index (χ0) is 13.0. The molecule has 0 radical (unpaired) electrons. The third kappa shape index (κ3) is 3.43. The Morgan fingerprint density at radius 2 is 2.06 bits per heavy atom. The fourth-order valence-corrected chi connectivity index (χ4v) is 2.63. The van der Waals surface area contributed by atoms with E-state index in [-0.39, 0.29) is 12.4 Å². The van der Waals surface area contributed by atoms with Gasteiger partial charge in [0.2, 0.25) is 0 Å². The highest BCUT2D eigenvalue weighted by atomic mass is 19.1. The highest BCUT2D eigenvalue weighted by Gasteiger charge is 2.24. The average molecular weight is 252 g/mol. The molecule has 2 rings (SSSR count). The first-order valence-corrected chi connectivity index (χ1v) is 6.54. The maximum atomic E-state index is 12.9. The van der Waals surface area contributed by atoms with Gasteiger partial charge in [-0.15, -0.1) is 0 Å². The Morgan fingerprint density at radius 1 is 1.33 bits per heavy atom. The van der Waals surface area contributed by atoms with Crippen LogP contribution < -0.4 is 10.2 Å². The van der Waals surface area contributed by atoms with Gasteiger partial charge in [0.05, 0.1) is 6.61 Å². The molecule has 2 N–H and O–H groups in total. The number of benzene rings is 1. The molecule has 1 aromatic rings. The number of hydrogen-bond acceptors (Lipinski definition) is 3. The molecular weight excluding hydrogens is 231 g/mol. The number of halogens is 1. The van der Waals surface area contributed by atoms with E-state index in [1.165, 1.54) is 12.1 Å². The van der Waals surface area contributed by atoms with Crippen LogP contribution in [0.5, 0.6) is 0 Å². The lowest BCUT2D eigenvalue weighted by atomic mass is 9.95. The quantitative estimate of drug-likeness (QED) is 0.855. The van der Waals surface area contributed by atoms with Crippen LogP contribution in [0.2, 0.25) is 0 Å². The summed E-state index contributed by atoms with van der Waals surface area (Å²) in [5.41, 5.74) is 1.07. The minimum absolute atomic E-state index is 0.168. The van der Waals surface area contributed by atoms with Gasteiger partial charge in [0.1, 0.15) is 5.82 Å². The van der Waals surface area contributed by atoms with E-state index in [0.717, 1.165) is 25.2 Å². The zero-order valence-corrected chi connectivity index (χ0v) is 10.8. The van der Waals surface area contributed by atoms with Crippen molar-refractivity contribution in [1.29, 1.82) is 0 Å². The second-order valence-electron chi connectivity index (χ2n) is 5.10. The molecule has 3 nitrogen and oxygen atoms in total. The summed E-state index contributed by atoms with van der Waals surface area (Å²) in [5.74, 6) is 0.402. The fourth-order valence-electron chi connectivity index (χ4n) is 2.63. The SMILES string of the molecule is CC1CC(NCCO)CN(c2ccc(F)cc2)C1. The van der Waals surface area contributed by atoms with Gasteiger partial charge in [-0.2, -0.15) is 0 Å². The van der Waals surface area contributed by atoms with Crippen molar-refractivity contribution < 1.29 is 9.50 Å². The van der Waals surface area contributed by atoms with E-state index in [1.54, 1.807) is 0 Å². The van der Waals surface area contributed by atoms with E-state index in [1.807, 2.05) is 12.1 Å². The number of piperidine rings is 1. The predicted octanol–water partition coefficient (Wildman–Crippen LogP) is 1.62. The molecule has 0 amide bonds. The molecule has 1 saturated heterocycles. The third-order valence-electron chi connectivity index (χ3n) is 3.40. The van der Waals surface area contributed by atoms with Gasteiger partial charge in [-0.3, -0.25) is 0 Å². The molecule has 1 aliphatic rings. The normalized spacial score (nSPS) is 24.3. The van der Waals surface area contributed by atoms with Crippen LogP contribution in [-0.4, -0.2) is 37.4 Å². The summed E-state index contributed by atoms with van der Waals surface area (Å²) >= 11 is 0. The van der Waals surface area contributed by atoms with Crippen LogP contribution in [0.4, 0.5) is 10.1 Å². The Kier molecular flexibility index (Phi) is 4.55. The standard InChI is InChI=1S/C14H21FN2O/c1-11-8-13(16-6-7-18)10-17(9-11)14-4-2-12(15)3-5-14/h2-5,11,13,16,18H,6-10H2,1H3. The smallest absolute Gasteiger partial charge is 0.123 e. The van der Waals surface area contributed by atoms with Gasteiger partial charge in [0.25, 0.3) is 0 Å². The molecule has 18 heavy (non-hydrogen) atoms. The van der Waals surface area contributed by atoms with Crippen LogP contribution >= 0.6 is 0 Å². The summed E-state index contributed by atoms with van der Waals surface area (Å²) in [6.07, 6.45) is 1.12. The predicted molar refractivity (Wildman–Crippen MR) is 71.3 cm³/mol. The molecule has 1 aromatic carbocycles. The van der Waals surface area contributed by atoms with Crippen molar-refractivity contribution in [2.45, 2.75) is 19.4 Å². The Morgan fingerprint density at radius 3 is 2.72 bits per heavy atom. The second kappa shape index (κ2) is 6.16. The number of aliphatic hydroxyl groups excluding tert-OH is 1. The Bertz CT molecular complexity index is 369. The molecule has 0 aromatic heterocycles. The highest BCUT2D eigenvalue weighted by molar-refractivity contribution is 5.47. The Labute approximate surface area is 108 Å². The van der Waals surface area contributed by atoms with Crippen molar-refractivity contribution in [3.8, 4) is 0 Å². The Balaban J connectivity index is 2.01. The van der Waals surface area contributed by atoms with E-state index in [4.69, 9.17) is 5.11 Å². The van der Waals surface area contributed by atoms with Gasteiger partial charge in [-0.1, -0.05) is 6.92 Å². The van der Waals surface area contributed by atoms with Gasteiger partial charge >= 0.3 is 0 Å². The first-order chi connectivity index (χ1) is 8.69. The third-order valence-corrected chi connectivity index (χ3v) is 3.40. The van der Waals surface area contributed by atoms with Crippen LogP contribution in [0, 0.1) is 11.7 Å². The zero-order valence-electron chi connectivity index (χ0n) is 10.8. The molecule has 2 atom stereocenters. The summed E-state index contributed by atoms with van der Waals surface area (Å²) < 4.78 is 12.9. The summed E-state index contributed by atoms with van der Waals surface area (Å²) in [7, 11) is 0. The number of rotatable bonds is 4. The summed E-state index contributed by atoms with van der Waals surface area (Å²) in [4.78, 5) is 2.28. The van der Waals surface area contributed by atoms with E-state index < -0.39 is 0 Å². The van der Waals surface area contributed by atoms with Crippen LogP contribution in [0.25, 0.3) is 0 Å². The molecule has 1 fully saturated rings. The molecule has 1 heterocycles. The van der Waals surface area contributed by atoms with Crippen molar-refractivity contribution in [3.05, 3.63) is 30.1 Å². The monoisotopic (exact) mass is 252 g/mol. The van der Waals surface area contributed by atoms with Crippen LogP contribution in [-0.2, 0) is 0 Å². The van der Waals surface area contributed by atoms with E-state index in [2.05, 4.69) is 17.1 Å². The fraction of sp³-hybridized carbons (Fsp3) is 0.571. The summed E-state index contributed by atoms with van der Waals surface area (Å²) in [6, 6.07) is 7.06. The van der Waals surface area contributed by atoms with Gasteiger partial charge in [-0.25, -0.2) is 4.39 Å². The van der Waals surface area contributed by atoms with Gasteiger partial charge in [-0.05, 0) is 36.6 Å². The van der Waals surface area contributed by atoms with E-state index >= 15 is 0 Å². The van der Waals surface area contributed by atoms with Gasteiger partial charge in [0, 0.05) is 31.4 Å². The van der Waals surface area contributed by atoms with Crippen molar-refractivity contribution in [2.75, 3.05) is 31.1 Å². The lowest BCUT2D eigenvalue weighted by Crippen LogP contribution is -2.49. The van der Waals surface area contributed by atoms with E-state index in [0.29, 0.717) is 18.5 Å². The van der Waals surface area contributed by atoms with Crippen LogP contribution in [0.3, 0.4) is 0 Å². The maximum absolute atomic E-state index is 12.9. The molecule has 0 aliphatic carbocycles. The maximum Gasteiger partial charge on any atom is 0.123 e. The lowest BCUT2D eigenvalue weighted by molar-refractivity contribution is 0.269. The van der Waals surface area contributed by atoms with Gasteiger partial charge < -0.3 is 15.3 Å². The first kappa shape index (κ1) is 13.3. The molecule has 1 aliphatic heterocycles. The number of hydrogen-bond donors (Lipinski definition) is 2. The largest absolute Gasteiger partial charge is 0.395 e. The molecule has 0 bridgehead atoms. The number of aliphatic hydroxyl groups is 1. The van der Waals surface area contributed by atoms with Gasteiger partial charge in [0.15, 0.2) is 0 Å². The molecule has 100 valence electrons. The first-order valence-electron chi connectivity index (χ1n) is 6.54. The molecule has 2 unspecified atom stereocenters. The highest BCUT2D eigenvalue weighted by Crippen LogP contribution is 2.23. The summed E-state index contributed by atoms with van der Waals surface area (Å²) in [6.45, 7) is 4.94. The Hall–Kier alpha value is -1.13. The molecule has 4 heteroatoms. The molecular formula is C14H21FN2O. The van der Waals surface area contributed by atoms with Crippen molar-refractivity contribution in [2.24, 2.45) is 5.92 Å². The topological polar surface area (TPSA) is 35.5 Å². The minimum atomic E-state index is -0.196.